The first-order valence-corrected chi connectivity index (χ1v) is 8.36. The second-order valence-electron chi connectivity index (χ2n) is 5.27. The van der Waals surface area contributed by atoms with Crippen LogP contribution in [0.25, 0.3) is 11.3 Å². The first-order chi connectivity index (χ1) is 10.6. The summed E-state index contributed by atoms with van der Waals surface area (Å²) in [7, 11) is 2.11. The van der Waals surface area contributed by atoms with Gasteiger partial charge in [-0.1, -0.05) is 0 Å². The minimum Gasteiger partial charge on any atom is -0.346 e. The van der Waals surface area contributed by atoms with Gasteiger partial charge < -0.3 is 15.1 Å². The minimum absolute atomic E-state index is 0.242. The molecule has 1 aliphatic heterocycles. The van der Waals surface area contributed by atoms with Gasteiger partial charge in [0.05, 0.1) is 5.69 Å². The van der Waals surface area contributed by atoms with Crippen molar-refractivity contribution in [2.24, 2.45) is 0 Å². The highest BCUT2D eigenvalue weighted by molar-refractivity contribution is 7.80. The average Bonchev–Trinajstić information content (AvgIpc) is 2.97. The number of rotatable bonds is 2. The molecule has 1 aromatic carbocycles. The number of benzene rings is 1. The third-order valence-corrected chi connectivity index (χ3v) is 4.77. The van der Waals surface area contributed by atoms with E-state index in [-0.39, 0.29) is 5.82 Å². The number of hydrogen-bond acceptors (Lipinski definition) is 4. The Bertz CT molecular complexity index is 648. The monoisotopic (exact) mass is 336 g/mol. The van der Waals surface area contributed by atoms with Gasteiger partial charge in [-0.15, -0.1) is 11.3 Å². The van der Waals surface area contributed by atoms with E-state index in [4.69, 9.17) is 12.2 Å². The topological polar surface area (TPSA) is 31.4 Å². The van der Waals surface area contributed by atoms with E-state index in [0.29, 0.717) is 5.11 Å². The first kappa shape index (κ1) is 15.3. The van der Waals surface area contributed by atoms with Crippen LogP contribution in [0, 0.1) is 5.82 Å². The van der Waals surface area contributed by atoms with Crippen LogP contribution in [0.4, 0.5) is 9.52 Å². The van der Waals surface area contributed by atoms with Crippen molar-refractivity contribution in [2.45, 2.75) is 0 Å². The Balaban J connectivity index is 1.64. The van der Waals surface area contributed by atoms with Crippen LogP contribution in [-0.4, -0.2) is 53.1 Å². The number of likely N-dealkylation sites (N-methyl/N-ethyl adjacent to an activating group) is 1. The predicted octanol–water partition coefficient (Wildman–Crippen LogP) is 2.89. The second kappa shape index (κ2) is 6.68. The summed E-state index contributed by atoms with van der Waals surface area (Å²) in [5.74, 6) is -0.242. The molecule has 0 spiro atoms. The van der Waals surface area contributed by atoms with Crippen molar-refractivity contribution in [3.8, 4) is 11.3 Å². The molecule has 0 amide bonds. The average molecular weight is 336 g/mol. The Hall–Kier alpha value is -1.57. The second-order valence-corrected chi connectivity index (χ2v) is 6.51. The van der Waals surface area contributed by atoms with Crippen molar-refractivity contribution < 1.29 is 4.39 Å². The molecule has 0 atom stereocenters. The van der Waals surface area contributed by atoms with Crippen molar-refractivity contribution >= 4 is 33.8 Å². The fourth-order valence-electron chi connectivity index (χ4n) is 2.26. The molecule has 0 radical (unpaired) electrons. The van der Waals surface area contributed by atoms with Crippen LogP contribution in [0.2, 0.25) is 0 Å². The van der Waals surface area contributed by atoms with Crippen LogP contribution in [0.3, 0.4) is 0 Å². The highest BCUT2D eigenvalue weighted by Gasteiger charge is 2.17. The summed E-state index contributed by atoms with van der Waals surface area (Å²) in [5, 5.41) is 6.63. The zero-order chi connectivity index (χ0) is 15.5. The maximum absolute atomic E-state index is 13.0. The number of thiazole rings is 1. The van der Waals surface area contributed by atoms with Gasteiger partial charge in [-0.3, -0.25) is 0 Å². The van der Waals surface area contributed by atoms with Crippen molar-refractivity contribution in [3.05, 3.63) is 35.5 Å². The van der Waals surface area contributed by atoms with Gasteiger partial charge in [-0.2, -0.15) is 0 Å². The number of nitrogens with zero attached hydrogens (tertiary/aromatic N) is 3. The van der Waals surface area contributed by atoms with Crippen LogP contribution in [0.15, 0.2) is 29.6 Å². The molecule has 4 nitrogen and oxygen atoms in total. The van der Waals surface area contributed by atoms with Crippen molar-refractivity contribution in [3.63, 3.8) is 0 Å². The van der Waals surface area contributed by atoms with E-state index < -0.39 is 0 Å². The molecule has 0 saturated carbocycles. The van der Waals surface area contributed by atoms with E-state index >= 15 is 0 Å². The van der Waals surface area contributed by atoms with Gasteiger partial charge in [-0.05, 0) is 43.5 Å². The summed E-state index contributed by atoms with van der Waals surface area (Å²) in [5.41, 5.74) is 1.73. The van der Waals surface area contributed by atoms with Crippen LogP contribution in [0.5, 0.6) is 0 Å². The van der Waals surface area contributed by atoms with Crippen LogP contribution in [-0.2, 0) is 0 Å². The number of halogens is 1. The van der Waals surface area contributed by atoms with Crippen molar-refractivity contribution in [2.75, 3.05) is 38.5 Å². The number of anilines is 1. The van der Waals surface area contributed by atoms with Crippen LogP contribution in [0.1, 0.15) is 0 Å². The highest BCUT2D eigenvalue weighted by atomic mass is 32.1. The summed E-state index contributed by atoms with van der Waals surface area (Å²) >= 11 is 6.95. The lowest BCUT2D eigenvalue weighted by molar-refractivity contribution is 0.217. The van der Waals surface area contributed by atoms with E-state index in [1.165, 1.54) is 23.5 Å². The van der Waals surface area contributed by atoms with Crippen molar-refractivity contribution in [1.82, 2.24) is 14.8 Å². The molecule has 7 heteroatoms. The highest BCUT2D eigenvalue weighted by Crippen LogP contribution is 2.25. The fraction of sp³-hybridized carbons (Fsp3) is 0.333. The van der Waals surface area contributed by atoms with E-state index in [1.807, 2.05) is 5.38 Å². The lowest BCUT2D eigenvalue weighted by atomic mass is 10.2. The predicted molar refractivity (Wildman–Crippen MR) is 92.8 cm³/mol. The van der Waals surface area contributed by atoms with Gasteiger partial charge in [0, 0.05) is 37.1 Å². The zero-order valence-corrected chi connectivity index (χ0v) is 13.9. The summed E-state index contributed by atoms with van der Waals surface area (Å²) in [6.07, 6.45) is 0. The van der Waals surface area contributed by atoms with E-state index in [0.717, 1.165) is 42.6 Å². The Morgan fingerprint density at radius 1 is 1.23 bits per heavy atom. The molecule has 2 heterocycles. The lowest BCUT2D eigenvalue weighted by Gasteiger charge is -2.33. The Labute approximate surface area is 138 Å². The molecule has 116 valence electrons. The van der Waals surface area contributed by atoms with E-state index in [9.17, 15) is 4.39 Å². The minimum atomic E-state index is -0.242. The molecule has 1 fully saturated rings. The van der Waals surface area contributed by atoms with Gasteiger partial charge in [-0.25, -0.2) is 9.37 Å². The van der Waals surface area contributed by atoms with Gasteiger partial charge >= 0.3 is 0 Å². The van der Waals surface area contributed by atoms with Crippen LogP contribution < -0.4 is 5.32 Å². The molecule has 1 aliphatic rings. The molecule has 3 rings (SSSR count). The summed E-state index contributed by atoms with van der Waals surface area (Å²) in [4.78, 5) is 8.97. The molecule has 22 heavy (non-hydrogen) atoms. The Kier molecular flexibility index (Phi) is 4.66. The summed E-state index contributed by atoms with van der Waals surface area (Å²) < 4.78 is 13.0. The fourth-order valence-corrected chi connectivity index (χ4v) is 3.33. The van der Waals surface area contributed by atoms with Crippen LogP contribution >= 0.6 is 23.6 Å². The summed E-state index contributed by atoms with van der Waals surface area (Å²) in [6.45, 7) is 3.89. The largest absolute Gasteiger partial charge is 0.346 e. The van der Waals surface area contributed by atoms with Gasteiger partial charge in [0.15, 0.2) is 10.2 Å². The lowest BCUT2D eigenvalue weighted by Crippen LogP contribution is -2.48. The maximum atomic E-state index is 13.0. The normalized spacial score (nSPS) is 15.8. The number of hydrogen-bond donors (Lipinski definition) is 1. The SMILES string of the molecule is CN1CCN(C(=S)Nc2nc(-c3ccc(F)cc3)cs2)CC1. The Morgan fingerprint density at radius 2 is 1.91 bits per heavy atom. The van der Waals surface area contributed by atoms with Gasteiger partial charge in [0.1, 0.15) is 5.82 Å². The third kappa shape index (κ3) is 3.60. The summed E-state index contributed by atoms with van der Waals surface area (Å²) in [6, 6.07) is 6.34. The quantitative estimate of drug-likeness (QED) is 0.853. The van der Waals surface area contributed by atoms with E-state index in [2.05, 4.69) is 27.1 Å². The van der Waals surface area contributed by atoms with Crippen molar-refractivity contribution in [1.29, 1.82) is 0 Å². The number of piperazine rings is 1. The Morgan fingerprint density at radius 3 is 2.59 bits per heavy atom. The van der Waals surface area contributed by atoms with E-state index in [1.54, 1.807) is 12.1 Å². The van der Waals surface area contributed by atoms with Gasteiger partial charge in [0.2, 0.25) is 0 Å². The molecule has 1 aromatic heterocycles. The number of nitrogens with one attached hydrogen (secondary N) is 1. The third-order valence-electron chi connectivity index (χ3n) is 3.65. The number of aromatic nitrogens is 1. The molecule has 0 unspecified atom stereocenters. The van der Waals surface area contributed by atoms with Gasteiger partial charge in [0.25, 0.3) is 0 Å². The molecule has 1 N–H and O–H groups in total. The molecule has 0 aliphatic carbocycles. The smallest absolute Gasteiger partial charge is 0.189 e. The molecular formula is C15H17FN4S2. The standard InChI is InChI=1S/C15H17FN4S2/c1-19-6-8-20(9-7-19)15(21)18-14-17-13(10-22-14)11-2-4-12(16)5-3-11/h2-5,10H,6-9H2,1H3,(H,17,18,21). The maximum Gasteiger partial charge on any atom is 0.189 e. The first-order valence-electron chi connectivity index (χ1n) is 7.08. The molecule has 1 saturated heterocycles. The molecule has 2 aromatic rings. The molecular weight excluding hydrogens is 319 g/mol. The zero-order valence-electron chi connectivity index (χ0n) is 12.3. The number of thiocarbonyl (C=S) groups is 1. The molecule has 0 bridgehead atoms.